The van der Waals surface area contributed by atoms with Crippen molar-refractivity contribution in [1.29, 1.82) is 0 Å². The Kier molecular flexibility index (Phi) is 5.88. The van der Waals surface area contributed by atoms with E-state index in [9.17, 15) is 4.79 Å². The SMILES string of the molecule is CC(C)(CCN)C(=O)NCCN1CCOCC1. The van der Waals surface area contributed by atoms with Crippen molar-refractivity contribution in [3.05, 3.63) is 0 Å². The van der Waals surface area contributed by atoms with Gasteiger partial charge in [-0.05, 0) is 13.0 Å². The largest absolute Gasteiger partial charge is 0.379 e. The summed E-state index contributed by atoms with van der Waals surface area (Å²) in [5.74, 6) is 0.0937. The summed E-state index contributed by atoms with van der Waals surface area (Å²) in [7, 11) is 0. The molecule has 5 nitrogen and oxygen atoms in total. The third kappa shape index (κ3) is 5.02. The second-order valence-electron chi connectivity index (χ2n) is 5.13. The van der Waals surface area contributed by atoms with Crippen LogP contribution >= 0.6 is 0 Å². The number of nitrogens with one attached hydrogen (secondary N) is 1. The molecule has 1 rings (SSSR count). The van der Waals surface area contributed by atoms with E-state index in [-0.39, 0.29) is 11.3 Å². The molecule has 0 aromatic rings. The van der Waals surface area contributed by atoms with Gasteiger partial charge in [0.2, 0.25) is 5.91 Å². The fourth-order valence-electron chi connectivity index (χ4n) is 1.87. The van der Waals surface area contributed by atoms with Crippen LogP contribution in [0, 0.1) is 5.41 Å². The molecule has 0 saturated carbocycles. The fourth-order valence-corrected chi connectivity index (χ4v) is 1.87. The van der Waals surface area contributed by atoms with E-state index in [4.69, 9.17) is 10.5 Å². The van der Waals surface area contributed by atoms with Crippen LogP contribution in [0.4, 0.5) is 0 Å². The Bertz CT molecular complexity index is 238. The minimum atomic E-state index is -0.361. The molecular formula is C12H25N3O2. The van der Waals surface area contributed by atoms with Crippen molar-refractivity contribution in [3.63, 3.8) is 0 Å². The first-order valence-corrected chi connectivity index (χ1v) is 6.35. The Morgan fingerprint density at radius 1 is 1.41 bits per heavy atom. The van der Waals surface area contributed by atoms with Gasteiger partial charge in [0.05, 0.1) is 13.2 Å². The molecule has 1 fully saturated rings. The van der Waals surface area contributed by atoms with Gasteiger partial charge in [0, 0.05) is 31.6 Å². The predicted molar refractivity (Wildman–Crippen MR) is 67.7 cm³/mol. The lowest BCUT2D eigenvalue weighted by atomic mass is 9.88. The van der Waals surface area contributed by atoms with Crippen LogP contribution in [-0.4, -0.2) is 56.7 Å². The van der Waals surface area contributed by atoms with Crippen molar-refractivity contribution in [2.75, 3.05) is 45.9 Å². The monoisotopic (exact) mass is 243 g/mol. The third-order valence-electron chi connectivity index (χ3n) is 3.20. The molecule has 17 heavy (non-hydrogen) atoms. The molecule has 1 aliphatic rings. The Labute approximate surface area is 104 Å². The molecule has 100 valence electrons. The summed E-state index contributed by atoms with van der Waals surface area (Å²) in [6, 6.07) is 0. The number of hydrogen-bond acceptors (Lipinski definition) is 4. The van der Waals surface area contributed by atoms with Crippen molar-refractivity contribution in [2.24, 2.45) is 11.1 Å². The summed E-state index contributed by atoms with van der Waals surface area (Å²) in [6.07, 6.45) is 0.719. The van der Waals surface area contributed by atoms with E-state index >= 15 is 0 Å². The highest BCUT2D eigenvalue weighted by Gasteiger charge is 2.26. The number of carbonyl (C=O) groups is 1. The first-order chi connectivity index (χ1) is 8.06. The van der Waals surface area contributed by atoms with E-state index in [1.165, 1.54) is 0 Å². The molecule has 5 heteroatoms. The van der Waals surface area contributed by atoms with Crippen LogP contribution in [-0.2, 0) is 9.53 Å². The van der Waals surface area contributed by atoms with Gasteiger partial charge in [-0.25, -0.2) is 0 Å². The smallest absolute Gasteiger partial charge is 0.225 e. The lowest BCUT2D eigenvalue weighted by Crippen LogP contribution is -2.44. The van der Waals surface area contributed by atoms with Crippen molar-refractivity contribution >= 4 is 5.91 Å². The number of morpholine rings is 1. The van der Waals surface area contributed by atoms with Gasteiger partial charge in [0.1, 0.15) is 0 Å². The van der Waals surface area contributed by atoms with Crippen molar-refractivity contribution in [1.82, 2.24) is 10.2 Å². The van der Waals surface area contributed by atoms with E-state index < -0.39 is 0 Å². The molecule has 1 aliphatic heterocycles. The molecule has 3 N–H and O–H groups in total. The molecule has 0 aromatic carbocycles. The number of hydrogen-bond donors (Lipinski definition) is 2. The minimum Gasteiger partial charge on any atom is -0.379 e. The topological polar surface area (TPSA) is 67.6 Å². The number of nitrogens with two attached hydrogens (primary N) is 1. The zero-order chi connectivity index (χ0) is 12.7. The van der Waals surface area contributed by atoms with Crippen LogP contribution in [0.1, 0.15) is 20.3 Å². The van der Waals surface area contributed by atoms with Gasteiger partial charge in [0.15, 0.2) is 0 Å². The first kappa shape index (κ1) is 14.4. The van der Waals surface area contributed by atoms with Gasteiger partial charge < -0.3 is 15.8 Å². The molecule has 0 aliphatic carbocycles. The highest BCUT2D eigenvalue weighted by molar-refractivity contribution is 5.81. The summed E-state index contributed by atoms with van der Waals surface area (Å²) in [5.41, 5.74) is 5.13. The maximum Gasteiger partial charge on any atom is 0.225 e. The Morgan fingerprint density at radius 2 is 2.06 bits per heavy atom. The van der Waals surface area contributed by atoms with Gasteiger partial charge in [-0.15, -0.1) is 0 Å². The molecule has 0 bridgehead atoms. The van der Waals surface area contributed by atoms with E-state index in [2.05, 4.69) is 10.2 Å². The fraction of sp³-hybridized carbons (Fsp3) is 0.917. The Morgan fingerprint density at radius 3 is 2.65 bits per heavy atom. The molecule has 0 aromatic heterocycles. The first-order valence-electron chi connectivity index (χ1n) is 6.35. The molecule has 1 amide bonds. The highest BCUT2D eigenvalue weighted by Crippen LogP contribution is 2.18. The number of ether oxygens (including phenoxy) is 1. The number of nitrogens with zero attached hydrogens (tertiary/aromatic N) is 1. The second kappa shape index (κ2) is 6.93. The zero-order valence-corrected chi connectivity index (χ0v) is 11.0. The molecule has 0 spiro atoms. The molecule has 1 saturated heterocycles. The predicted octanol–water partition coefficient (Wildman–Crippen LogP) is -0.190. The van der Waals surface area contributed by atoms with Crippen LogP contribution in [0.2, 0.25) is 0 Å². The number of amides is 1. The van der Waals surface area contributed by atoms with Gasteiger partial charge in [-0.3, -0.25) is 9.69 Å². The Balaban J connectivity index is 2.18. The summed E-state index contributed by atoms with van der Waals surface area (Å²) >= 11 is 0. The maximum atomic E-state index is 11.9. The lowest BCUT2D eigenvalue weighted by molar-refractivity contribution is -0.129. The van der Waals surface area contributed by atoms with Gasteiger partial charge in [0.25, 0.3) is 0 Å². The maximum absolute atomic E-state index is 11.9. The normalized spacial score (nSPS) is 18.1. The van der Waals surface area contributed by atoms with Crippen molar-refractivity contribution in [2.45, 2.75) is 20.3 Å². The average Bonchev–Trinajstić information content (AvgIpc) is 2.30. The van der Waals surface area contributed by atoms with E-state index in [1.54, 1.807) is 0 Å². The summed E-state index contributed by atoms with van der Waals surface area (Å²) in [4.78, 5) is 14.2. The number of carbonyl (C=O) groups excluding carboxylic acids is 1. The molecule has 0 radical (unpaired) electrons. The summed E-state index contributed by atoms with van der Waals surface area (Å²) in [5, 5.41) is 2.98. The number of rotatable bonds is 6. The average molecular weight is 243 g/mol. The van der Waals surface area contributed by atoms with Crippen LogP contribution in [0.15, 0.2) is 0 Å². The van der Waals surface area contributed by atoms with E-state index in [0.717, 1.165) is 39.3 Å². The zero-order valence-electron chi connectivity index (χ0n) is 11.0. The minimum absolute atomic E-state index is 0.0937. The second-order valence-corrected chi connectivity index (χ2v) is 5.13. The highest BCUT2D eigenvalue weighted by atomic mass is 16.5. The Hall–Kier alpha value is -0.650. The molecule has 1 heterocycles. The molecule has 0 unspecified atom stereocenters. The van der Waals surface area contributed by atoms with Gasteiger partial charge in [-0.1, -0.05) is 13.8 Å². The van der Waals surface area contributed by atoms with Crippen LogP contribution < -0.4 is 11.1 Å². The van der Waals surface area contributed by atoms with Crippen LogP contribution in [0.3, 0.4) is 0 Å². The summed E-state index contributed by atoms with van der Waals surface area (Å²) < 4.78 is 5.27. The van der Waals surface area contributed by atoms with Gasteiger partial charge in [-0.2, -0.15) is 0 Å². The lowest BCUT2D eigenvalue weighted by Gasteiger charge is -2.28. The standard InChI is InChI=1S/C12H25N3O2/c1-12(2,3-4-13)11(16)14-5-6-15-7-9-17-10-8-15/h3-10,13H2,1-2H3,(H,14,16). The van der Waals surface area contributed by atoms with E-state index in [1.807, 2.05) is 13.8 Å². The van der Waals surface area contributed by atoms with Crippen LogP contribution in [0.25, 0.3) is 0 Å². The van der Waals surface area contributed by atoms with Crippen LogP contribution in [0.5, 0.6) is 0 Å². The van der Waals surface area contributed by atoms with E-state index in [0.29, 0.717) is 13.1 Å². The van der Waals surface area contributed by atoms with Crippen molar-refractivity contribution < 1.29 is 9.53 Å². The van der Waals surface area contributed by atoms with Gasteiger partial charge >= 0.3 is 0 Å². The molecule has 0 atom stereocenters. The third-order valence-corrected chi connectivity index (χ3v) is 3.20. The molecular weight excluding hydrogens is 218 g/mol. The quantitative estimate of drug-likeness (QED) is 0.678. The summed E-state index contributed by atoms with van der Waals surface area (Å²) in [6.45, 7) is 9.53. The van der Waals surface area contributed by atoms with Crippen molar-refractivity contribution in [3.8, 4) is 0 Å².